The van der Waals surface area contributed by atoms with Crippen LogP contribution in [0.5, 0.6) is 0 Å². The minimum absolute atomic E-state index is 0.122. The molecule has 1 aromatic carbocycles. The molecule has 2 unspecified atom stereocenters. The third kappa shape index (κ3) is 3.41. The topological polar surface area (TPSA) is 101 Å². The highest BCUT2D eigenvalue weighted by molar-refractivity contribution is 7.89. The first-order valence-electron chi connectivity index (χ1n) is 8.15. The van der Waals surface area contributed by atoms with E-state index in [1.165, 1.54) is 6.07 Å². The van der Waals surface area contributed by atoms with E-state index in [0.29, 0.717) is 18.7 Å². The molecule has 4 N–H and O–H groups in total. The SMILES string of the molecule is NCC1CCCCC1NS(=O)(=O)c1ccc2c(c1)C(=O)NCC2. The van der Waals surface area contributed by atoms with Gasteiger partial charge in [0.15, 0.2) is 0 Å². The van der Waals surface area contributed by atoms with E-state index in [9.17, 15) is 13.2 Å². The van der Waals surface area contributed by atoms with Gasteiger partial charge in [-0.25, -0.2) is 13.1 Å². The number of carbonyl (C=O) groups is 1. The second-order valence-corrected chi connectivity index (χ2v) is 8.05. The van der Waals surface area contributed by atoms with Gasteiger partial charge in [0.05, 0.1) is 4.90 Å². The van der Waals surface area contributed by atoms with Gasteiger partial charge in [-0.15, -0.1) is 0 Å². The van der Waals surface area contributed by atoms with Gasteiger partial charge >= 0.3 is 0 Å². The predicted molar refractivity (Wildman–Crippen MR) is 87.6 cm³/mol. The molecule has 2 atom stereocenters. The Bertz CT molecular complexity index is 703. The van der Waals surface area contributed by atoms with Crippen LogP contribution in [-0.4, -0.2) is 33.5 Å². The molecule has 0 aromatic heterocycles. The summed E-state index contributed by atoms with van der Waals surface area (Å²) in [6.45, 7) is 1.08. The summed E-state index contributed by atoms with van der Waals surface area (Å²) in [6, 6.07) is 4.68. The maximum Gasteiger partial charge on any atom is 0.251 e. The van der Waals surface area contributed by atoms with Gasteiger partial charge < -0.3 is 11.1 Å². The van der Waals surface area contributed by atoms with Crippen molar-refractivity contribution in [3.8, 4) is 0 Å². The summed E-state index contributed by atoms with van der Waals surface area (Å²) in [7, 11) is -3.65. The Morgan fingerprint density at radius 1 is 1.26 bits per heavy atom. The van der Waals surface area contributed by atoms with E-state index < -0.39 is 10.0 Å². The van der Waals surface area contributed by atoms with Crippen molar-refractivity contribution in [2.45, 2.75) is 43.0 Å². The number of nitrogens with two attached hydrogens (primary N) is 1. The van der Waals surface area contributed by atoms with Crippen LogP contribution in [-0.2, 0) is 16.4 Å². The Hall–Kier alpha value is -1.44. The zero-order chi connectivity index (χ0) is 16.4. The number of hydrogen-bond acceptors (Lipinski definition) is 4. The number of hydrogen-bond donors (Lipinski definition) is 3. The van der Waals surface area contributed by atoms with Gasteiger partial charge in [0, 0.05) is 18.2 Å². The molecule has 0 radical (unpaired) electrons. The van der Waals surface area contributed by atoms with Crippen molar-refractivity contribution in [2.24, 2.45) is 11.7 Å². The number of sulfonamides is 1. The monoisotopic (exact) mass is 337 g/mol. The molecule has 0 bridgehead atoms. The van der Waals surface area contributed by atoms with Crippen LogP contribution in [0.1, 0.15) is 41.6 Å². The third-order valence-electron chi connectivity index (χ3n) is 4.83. The predicted octanol–water partition coefficient (Wildman–Crippen LogP) is 0.768. The number of fused-ring (bicyclic) bond motifs is 1. The minimum Gasteiger partial charge on any atom is -0.352 e. The lowest BCUT2D eigenvalue weighted by molar-refractivity contribution is 0.0945. The summed E-state index contributed by atoms with van der Waals surface area (Å²) in [6.07, 6.45) is 4.60. The first-order valence-corrected chi connectivity index (χ1v) is 9.63. The van der Waals surface area contributed by atoms with Gasteiger partial charge in [0.25, 0.3) is 5.91 Å². The molecule has 3 rings (SSSR count). The Labute approximate surface area is 136 Å². The van der Waals surface area contributed by atoms with Crippen molar-refractivity contribution in [1.29, 1.82) is 0 Å². The van der Waals surface area contributed by atoms with Crippen molar-refractivity contribution in [3.05, 3.63) is 29.3 Å². The summed E-state index contributed by atoms with van der Waals surface area (Å²) in [4.78, 5) is 12.1. The molecule has 1 saturated carbocycles. The fourth-order valence-corrected chi connectivity index (χ4v) is 4.84. The molecule has 1 aliphatic heterocycles. The van der Waals surface area contributed by atoms with Crippen LogP contribution in [0.2, 0.25) is 0 Å². The lowest BCUT2D eigenvalue weighted by Gasteiger charge is -2.31. The van der Waals surface area contributed by atoms with E-state index in [2.05, 4.69) is 10.0 Å². The van der Waals surface area contributed by atoms with Gasteiger partial charge in [0.2, 0.25) is 10.0 Å². The van der Waals surface area contributed by atoms with Crippen LogP contribution in [0.3, 0.4) is 0 Å². The van der Waals surface area contributed by atoms with Crippen molar-refractivity contribution in [2.75, 3.05) is 13.1 Å². The molecule has 2 aliphatic rings. The molecule has 1 aromatic rings. The fourth-order valence-electron chi connectivity index (χ4n) is 3.47. The zero-order valence-electron chi connectivity index (χ0n) is 13.0. The number of nitrogens with one attached hydrogen (secondary N) is 2. The number of carbonyl (C=O) groups excluding carboxylic acids is 1. The lowest BCUT2D eigenvalue weighted by atomic mass is 9.85. The quantitative estimate of drug-likeness (QED) is 0.755. The van der Waals surface area contributed by atoms with Gasteiger partial charge in [0.1, 0.15) is 0 Å². The maximum atomic E-state index is 12.7. The minimum atomic E-state index is -3.65. The third-order valence-corrected chi connectivity index (χ3v) is 6.32. The van der Waals surface area contributed by atoms with Crippen LogP contribution in [0.15, 0.2) is 23.1 Å². The van der Waals surface area contributed by atoms with Gasteiger partial charge in [-0.2, -0.15) is 0 Å². The van der Waals surface area contributed by atoms with E-state index >= 15 is 0 Å². The number of rotatable bonds is 4. The molecule has 0 spiro atoms. The van der Waals surface area contributed by atoms with Crippen LogP contribution in [0, 0.1) is 5.92 Å². The lowest BCUT2D eigenvalue weighted by Crippen LogP contribution is -2.44. The fraction of sp³-hybridized carbons (Fsp3) is 0.562. The first kappa shape index (κ1) is 16.4. The van der Waals surface area contributed by atoms with Crippen LogP contribution in [0.4, 0.5) is 0 Å². The van der Waals surface area contributed by atoms with Crippen LogP contribution < -0.4 is 15.8 Å². The van der Waals surface area contributed by atoms with E-state index in [1.54, 1.807) is 12.1 Å². The van der Waals surface area contributed by atoms with E-state index in [1.807, 2.05) is 0 Å². The zero-order valence-corrected chi connectivity index (χ0v) is 13.9. The summed E-state index contributed by atoms with van der Waals surface area (Å²) in [5, 5.41) is 2.74. The number of benzene rings is 1. The molecular weight excluding hydrogens is 314 g/mol. The molecule has 0 saturated heterocycles. The maximum absolute atomic E-state index is 12.7. The van der Waals surface area contributed by atoms with Crippen LogP contribution >= 0.6 is 0 Å². The van der Waals surface area contributed by atoms with Crippen molar-refractivity contribution in [1.82, 2.24) is 10.0 Å². The Kier molecular flexibility index (Phi) is 4.70. The van der Waals surface area contributed by atoms with Gasteiger partial charge in [-0.1, -0.05) is 18.9 Å². The van der Waals surface area contributed by atoms with E-state index in [4.69, 9.17) is 5.73 Å². The molecule has 23 heavy (non-hydrogen) atoms. The molecule has 1 fully saturated rings. The molecule has 6 nitrogen and oxygen atoms in total. The Morgan fingerprint density at radius 3 is 2.83 bits per heavy atom. The summed E-state index contributed by atoms with van der Waals surface area (Å²) >= 11 is 0. The molecule has 1 amide bonds. The molecular formula is C16H23N3O3S. The van der Waals surface area contributed by atoms with E-state index in [-0.39, 0.29) is 22.8 Å². The highest BCUT2D eigenvalue weighted by Gasteiger charge is 2.29. The highest BCUT2D eigenvalue weighted by Crippen LogP contribution is 2.26. The smallest absolute Gasteiger partial charge is 0.251 e. The first-order chi connectivity index (χ1) is 11.0. The summed E-state index contributed by atoms with van der Waals surface area (Å²) in [5.41, 5.74) is 7.12. The largest absolute Gasteiger partial charge is 0.352 e. The average molecular weight is 337 g/mol. The highest BCUT2D eigenvalue weighted by atomic mass is 32.2. The average Bonchev–Trinajstić information content (AvgIpc) is 2.55. The number of amides is 1. The van der Waals surface area contributed by atoms with E-state index in [0.717, 1.165) is 37.7 Å². The van der Waals surface area contributed by atoms with Crippen molar-refractivity contribution >= 4 is 15.9 Å². The standard InChI is InChI=1S/C16H23N3O3S/c17-10-12-3-1-2-4-15(12)19-23(21,22)13-6-5-11-7-8-18-16(20)14(11)9-13/h5-6,9,12,15,19H,1-4,7-8,10,17H2,(H,18,20). The molecule has 1 heterocycles. The Balaban J connectivity index is 1.85. The van der Waals surface area contributed by atoms with Crippen molar-refractivity contribution < 1.29 is 13.2 Å². The molecule has 1 aliphatic carbocycles. The second-order valence-electron chi connectivity index (χ2n) is 6.33. The Morgan fingerprint density at radius 2 is 2.04 bits per heavy atom. The summed E-state index contributed by atoms with van der Waals surface area (Å²) < 4.78 is 28.1. The van der Waals surface area contributed by atoms with Crippen LogP contribution in [0.25, 0.3) is 0 Å². The molecule has 7 heteroatoms. The normalized spacial score (nSPS) is 24.8. The van der Waals surface area contributed by atoms with Crippen molar-refractivity contribution in [3.63, 3.8) is 0 Å². The second kappa shape index (κ2) is 6.59. The summed E-state index contributed by atoms with van der Waals surface area (Å²) in [5.74, 6) is -0.0275. The van der Waals surface area contributed by atoms with Gasteiger partial charge in [-0.3, -0.25) is 4.79 Å². The molecule has 126 valence electrons. The van der Waals surface area contributed by atoms with Gasteiger partial charge in [-0.05, 0) is 49.4 Å².